The molecule has 0 aromatic rings. The topological polar surface area (TPSA) is 30.5 Å². The first kappa shape index (κ1) is 15.7. The fourth-order valence-electron chi connectivity index (χ4n) is 1.90. The van der Waals surface area contributed by atoms with E-state index in [1.165, 1.54) is 0 Å². The minimum absolute atomic E-state index is 0.0494. The van der Waals surface area contributed by atoms with Crippen molar-refractivity contribution in [3.8, 4) is 0 Å². The van der Waals surface area contributed by atoms with Crippen LogP contribution in [0.2, 0.25) is 0 Å². The van der Waals surface area contributed by atoms with Crippen molar-refractivity contribution >= 4 is 0 Å². The average Bonchev–Trinajstić information content (AvgIpc) is 2.72. The second-order valence-electron chi connectivity index (χ2n) is 4.60. The van der Waals surface area contributed by atoms with Crippen molar-refractivity contribution < 1.29 is 22.6 Å². The maximum Gasteiger partial charge on any atom is 0.391 e. The molecule has 0 bridgehead atoms. The molecule has 1 N–H and O–H groups in total. The van der Waals surface area contributed by atoms with Gasteiger partial charge in [-0.05, 0) is 25.8 Å². The van der Waals surface area contributed by atoms with Gasteiger partial charge in [0.1, 0.15) is 0 Å². The monoisotopic (exact) mass is 269 g/mol. The first-order valence-electron chi connectivity index (χ1n) is 6.52. The molecule has 0 aromatic carbocycles. The van der Waals surface area contributed by atoms with Crippen LogP contribution in [0, 0.1) is 0 Å². The summed E-state index contributed by atoms with van der Waals surface area (Å²) in [4.78, 5) is 0. The van der Waals surface area contributed by atoms with Crippen LogP contribution in [0.5, 0.6) is 0 Å². The van der Waals surface area contributed by atoms with E-state index >= 15 is 0 Å². The first-order valence-corrected chi connectivity index (χ1v) is 6.52. The molecule has 2 unspecified atom stereocenters. The fraction of sp³-hybridized carbons (Fsp3) is 1.00. The third-order valence-corrected chi connectivity index (χ3v) is 2.83. The van der Waals surface area contributed by atoms with Crippen LogP contribution in [0.1, 0.15) is 32.6 Å². The van der Waals surface area contributed by atoms with Gasteiger partial charge in [-0.15, -0.1) is 0 Å². The van der Waals surface area contributed by atoms with Gasteiger partial charge in [0.05, 0.1) is 31.8 Å². The van der Waals surface area contributed by atoms with E-state index in [1.54, 1.807) is 0 Å². The van der Waals surface area contributed by atoms with Crippen molar-refractivity contribution in [1.29, 1.82) is 0 Å². The number of hydrogen-bond acceptors (Lipinski definition) is 3. The second kappa shape index (κ2) is 7.96. The number of nitrogens with one attached hydrogen (secondary N) is 1. The number of rotatable bonds is 8. The smallest absolute Gasteiger partial charge is 0.378 e. The SMILES string of the molecule is CCCNCC1CCC(COCCC(F)(F)F)O1. The lowest BCUT2D eigenvalue weighted by Gasteiger charge is -2.15. The maximum atomic E-state index is 11.9. The quantitative estimate of drug-likeness (QED) is 0.687. The van der Waals surface area contributed by atoms with E-state index in [1.807, 2.05) is 0 Å². The van der Waals surface area contributed by atoms with Gasteiger partial charge in [-0.1, -0.05) is 6.92 Å². The molecule has 1 aliphatic rings. The first-order chi connectivity index (χ1) is 8.51. The van der Waals surface area contributed by atoms with Crippen molar-refractivity contribution in [2.45, 2.75) is 51.0 Å². The summed E-state index contributed by atoms with van der Waals surface area (Å²) in [5.74, 6) is 0. The highest BCUT2D eigenvalue weighted by Crippen LogP contribution is 2.21. The molecule has 2 atom stereocenters. The van der Waals surface area contributed by atoms with E-state index < -0.39 is 12.6 Å². The second-order valence-corrected chi connectivity index (χ2v) is 4.60. The Balaban J connectivity index is 2.01. The normalized spacial score (nSPS) is 24.7. The molecule has 0 saturated carbocycles. The van der Waals surface area contributed by atoms with Gasteiger partial charge < -0.3 is 14.8 Å². The Bertz CT molecular complexity index is 224. The summed E-state index contributed by atoms with van der Waals surface area (Å²) in [5, 5.41) is 3.27. The number of alkyl halides is 3. The predicted octanol–water partition coefficient (Wildman–Crippen LogP) is 2.50. The molecule has 0 radical (unpaired) electrons. The van der Waals surface area contributed by atoms with E-state index in [9.17, 15) is 13.2 Å². The van der Waals surface area contributed by atoms with Crippen LogP contribution >= 0.6 is 0 Å². The molecule has 3 nitrogen and oxygen atoms in total. The summed E-state index contributed by atoms with van der Waals surface area (Å²) in [6, 6.07) is 0. The summed E-state index contributed by atoms with van der Waals surface area (Å²) in [7, 11) is 0. The van der Waals surface area contributed by atoms with Crippen LogP contribution in [0.4, 0.5) is 13.2 Å². The Morgan fingerprint density at radius 3 is 2.67 bits per heavy atom. The van der Waals surface area contributed by atoms with Crippen molar-refractivity contribution in [3.63, 3.8) is 0 Å². The van der Waals surface area contributed by atoms with E-state index in [4.69, 9.17) is 9.47 Å². The fourth-order valence-corrected chi connectivity index (χ4v) is 1.90. The lowest BCUT2D eigenvalue weighted by Crippen LogP contribution is -2.28. The van der Waals surface area contributed by atoms with E-state index in [0.717, 1.165) is 32.4 Å². The van der Waals surface area contributed by atoms with Crippen molar-refractivity contribution in [2.24, 2.45) is 0 Å². The summed E-state index contributed by atoms with van der Waals surface area (Å²) in [5.41, 5.74) is 0. The summed E-state index contributed by atoms with van der Waals surface area (Å²) < 4.78 is 46.3. The average molecular weight is 269 g/mol. The van der Waals surface area contributed by atoms with Gasteiger partial charge in [0.2, 0.25) is 0 Å². The Labute approximate surface area is 106 Å². The minimum Gasteiger partial charge on any atom is -0.378 e. The third-order valence-electron chi connectivity index (χ3n) is 2.83. The molecule has 1 saturated heterocycles. The van der Waals surface area contributed by atoms with Crippen LogP contribution in [0.15, 0.2) is 0 Å². The lowest BCUT2D eigenvalue weighted by atomic mass is 10.2. The van der Waals surface area contributed by atoms with Crippen molar-refractivity contribution in [2.75, 3.05) is 26.3 Å². The van der Waals surface area contributed by atoms with Gasteiger partial charge in [0.15, 0.2) is 0 Å². The highest BCUT2D eigenvalue weighted by atomic mass is 19.4. The number of halogens is 3. The summed E-state index contributed by atoms with van der Waals surface area (Å²) in [6.45, 7) is 3.86. The summed E-state index contributed by atoms with van der Waals surface area (Å²) in [6.07, 6.45) is -2.00. The van der Waals surface area contributed by atoms with Crippen molar-refractivity contribution in [1.82, 2.24) is 5.32 Å². The van der Waals surface area contributed by atoms with Gasteiger partial charge in [-0.3, -0.25) is 0 Å². The number of hydrogen-bond donors (Lipinski definition) is 1. The molecule has 108 valence electrons. The highest BCUT2D eigenvalue weighted by Gasteiger charge is 2.28. The van der Waals surface area contributed by atoms with Crippen LogP contribution < -0.4 is 5.32 Å². The van der Waals surface area contributed by atoms with Crippen LogP contribution in [0.25, 0.3) is 0 Å². The van der Waals surface area contributed by atoms with Gasteiger partial charge in [0.25, 0.3) is 0 Å². The zero-order valence-corrected chi connectivity index (χ0v) is 10.8. The molecule has 0 amide bonds. The molecule has 1 heterocycles. The molecular formula is C12H22F3NO2. The number of ether oxygens (including phenoxy) is 2. The maximum absolute atomic E-state index is 11.9. The standard InChI is InChI=1S/C12H22F3NO2/c1-2-6-16-8-10-3-4-11(18-10)9-17-7-5-12(13,14)15/h10-11,16H,2-9H2,1H3. The molecular weight excluding hydrogens is 247 g/mol. The van der Waals surface area contributed by atoms with Gasteiger partial charge >= 0.3 is 6.18 Å². The highest BCUT2D eigenvalue weighted by molar-refractivity contribution is 4.75. The molecule has 0 aliphatic carbocycles. The van der Waals surface area contributed by atoms with Crippen LogP contribution in [-0.4, -0.2) is 44.7 Å². The lowest BCUT2D eigenvalue weighted by molar-refractivity contribution is -0.147. The van der Waals surface area contributed by atoms with Crippen molar-refractivity contribution in [3.05, 3.63) is 0 Å². The zero-order valence-electron chi connectivity index (χ0n) is 10.8. The van der Waals surface area contributed by atoms with Gasteiger partial charge in [-0.25, -0.2) is 0 Å². The van der Waals surface area contributed by atoms with Gasteiger partial charge in [0, 0.05) is 6.54 Å². The Morgan fingerprint density at radius 2 is 2.00 bits per heavy atom. The molecule has 18 heavy (non-hydrogen) atoms. The third kappa shape index (κ3) is 7.18. The molecule has 0 aromatic heterocycles. The van der Waals surface area contributed by atoms with E-state index in [2.05, 4.69) is 12.2 Å². The van der Waals surface area contributed by atoms with Crippen LogP contribution in [0.3, 0.4) is 0 Å². The zero-order chi connectivity index (χ0) is 13.4. The Morgan fingerprint density at radius 1 is 1.28 bits per heavy atom. The minimum atomic E-state index is -4.14. The van der Waals surface area contributed by atoms with E-state index in [-0.39, 0.29) is 25.4 Å². The van der Waals surface area contributed by atoms with E-state index in [0.29, 0.717) is 0 Å². The summed E-state index contributed by atoms with van der Waals surface area (Å²) >= 11 is 0. The predicted molar refractivity (Wildman–Crippen MR) is 62.5 cm³/mol. The van der Waals surface area contributed by atoms with Gasteiger partial charge in [-0.2, -0.15) is 13.2 Å². The molecule has 1 rings (SSSR count). The molecule has 1 aliphatic heterocycles. The Hall–Kier alpha value is -0.330. The molecule has 0 spiro atoms. The molecule has 1 fully saturated rings. The van der Waals surface area contributed by atoms with Crippen LogP contribution in [-0.2, 0) is 9.47 Å². The largest absolute Gasteiger partial charge is 0.391 e. The molecule has 6 heteroatoms. The Kier molecular flexibility index (Phi) is 6.96.